The highest BCUT2D eigenvalue weighted by Crippen LogP contribution is 2.23. The molecule has 2 N–H and O–H groups in total. The van der Waals surface area contributed by atoms with E-state index in [-0.39, 0.29) is 18.1 Å². The Morgan fingerprint density at radius 2 is 2.00 bits per heavy atom. The molecule has 2 aromatic carbocycles. The summed E-state index contributed by atoms with van der Waals surface area (Å²) in [6, 6.07) is 16.0. The molecule has 4 aromatic rings. The standard InChI is InChI=1S/C20H16ClN5O3/c1-28-15-7-5-12(6-8-15)19-23-18(24-25-19)11-22-20(27)16-10-17(29-26-16)13-3-2-4-14(21)9-13/h2-10H,11H2,1H3,(H,22,27)(H,23,24,25). The number of halogens is 1. The molecular formula is C20H16ClN5O3. The molecule has 0 unspecified atom stereocenters. The van der Waals surface area contributed by atoms with Crippen LogP contribution in [0.25, 0.3) is 22.7 Å². The Morgan fingerprint density at radius 3 is 2.76 bits per heavy atom. The van der Waals surface area contributed by atoms with Gasteiger partial charge in [0.15, 0.2) is 17.3 Å². The Labute approximate surface area is 170 Å². The van der Waals surface area contributed by atoms with Gasteiger partial charge >= 0.3 is 0 Å². The molecule has 146 valence electrons. The number of carbonyl (C=O) groups excluding carboxylic acids is 1. The van der Waals surface area contributed by atoms with E-state index in [4.69, 9.17) is 20.9 Å². The number of rotatable bonds is 6. The first kappa shape index (κ1) is 18.7. The van der Waals surface area contributed by atoms with Crippen LogP contribution in [-0.2, 0) is 6.54 Å². The average Bonchev–Trinajstić information content (AvgIpc) is 3.42. The molecule has 2 heterocycles. The molecule has 0 saturated carbocycles. The van der Waals surface area contributed by atoms with Gasteiger partial charge in [-0.25, -0.2) is 4.98 Å². The van der Waals surface area contributed by atoms with Crippen LogP contribution in [0.2, 0.25) is 5.02 Å². The number of hydrogen-bond acceptors (Lipinski definition) is 6. The van der Waals surface area contributed by atoms with Gasteiger partial charge in [0.1, 0.15) is 11.6 Å². The fraction of sp³-hybridized carbons (Fsp3) is 0.100. The largest absolute Gasteiger partial charge is 0.497 e. The first-order valence-corrected chi connectivity index (χ1v) is 9.07. The Bertz CT molecular complexity index is 1140. The fourth-order valence-electron chi connectivity index (χ4n) is 2.66. The summed E-state index contributed by atoms with van der Waals surface area (Å²) in [6.45, 7) is 0.168. The predicted octanol–water partition coefficient (Wildman–Crippen LogP) is 3.72. The van der Waals surface area contributed by atoms with Crippen molar-refractivity contribution in [2.45, 2.75) is 6.54 Å². The van der Waals surface area contributed by atoms with Gasteiger partial charge in [-0.1, -0.05) is 28.9 Å². The van der Waals surface area contributed by atoms with E-state index < -0.39 is 0 Å². The Morgan fingerprint density at radius 1 is 1.17 bits per heavy atom. The SMILES string of the molecule is COc1ccc(-c2n[nH]c(CNC(=O)c3cc(-c4cccc(Cl)c4)on3)n2)cc1. The number of carbonyl (C=O) groups is 1. The van der Waals surface area contributed by atoms with E-state index >= 15 is 0 Å². The zero-order valence-electron chi connectivity index (χ0n) is 15.3. The number of methoxy groups -OCH3 is 1. The van der Waals surface area contributed by atoms with Gasteiger partial charge < -0.3 is 14.6 Å². The zero-order valence-corrected chi connectivity index (χ0v) is 16.1. The number of nitrogens with zero attached hydrogens (tertiary/aromatic N) is 3. The highest BCUT2D eigenvalue weighted by Gasteiger charge is 2.15. The molecule has 0 atom stereocenters. The summed E-state index contributed by atoms with van der Waals surface area (Å²) in [5.41, 5.74) is 1.74. The molecule has 0 aliphatic heterocycles. The number of ether oxygens (including phenoxy) is 1. The van der Waals surface area contributed by atoms with Gasteiger partial charge in [0.05, 0.1) is 13.7 Å². The van der Waals surface area contributed by atoms with Crippen molar-refractivity contribution >= 4 is 17.5 Å². The van der Waals surface area contributed by atoms with E-state index in [2.05, 4.69) is 25.7 Å². The highest BCUT2D eigenvalue weighted by atomic mass is 35.5. The van der Waals surface area contributed by atoms with Gasteiger partial charge in [0, 0.05) is 22.2 Å². The number of aromatic nitrogens is 4. The van der Waals surface area contributed by atoms with Crippen LogP contribution in [0.5, 0.6) is 5.75 Å². The summed E-state index contributed by atoms with van der Waals surface area (Å²) in [5.74, 6) is 1.87. The Balaban J connectivity index is 1.39. The quantitative estimate of drug-likeness (QED) is 0.502. The summed E-state index contributed by atoms with van der Waals surface area (Å²) in [4.78, 5) is 16.7. The summed E-state index contributed by atoms with van der Waals surface area (Å²) < 4.78 is 10.4. The molecule has 9 heteroatoms. The van der Waals surface area contributed by atoms with Crippen LogP contribution in [0.1, 0.15) is 16.3 Å². The van der Waals surface area contributed by atoms with Gasteiger partial charge in [0.2, 0.25) is 0 Å². The lowest BCUT2D eigenvalue weighted by Crippen LogP contribution is -2.23. The minimum atomic E-state index is -0.385. The Hall–Kier alpha value is -3.65. The highest BCUT2D eigenvalue weighted by molar-refractivity contribution is 6.30. The van der Waals surface area contributed by atoms with Crippen molar-refractivity contribution in [1.29, 1.82) is 0 Å². The number of hydrogen-bond donors (Lipinski definition) is 2. The third-order valence-corrected chi connectivity index (χ3v) is 4.38. The van der Waals surface area contributed by atoms with Gasteiger partial charge in [-0.15, -0.1) is 0 Å². The number of H-pyrrole nitrogens is 1. The molecule has 0 saturated heterocycles. The third kappa shape index (κ3) is 4.27. The lowest BCUT2D eigenvalue weighted by atomic mass is 10.1. The van der Waals surface area contributed by atoms with Crippen molar-refractivity contribution in [3.63, 3.8) is 0 Å². The fourth-order valence-corrected chi connectivity index (χ4v) is 2.85. The maximum atomic E-state index is 12.3. The normalized spacial score (nSPS) is 10.7. The van der Waals surface area contributed by atoms with Crippen molar-refractivity contribution < 1.29 is 14.1 Å². The van der Waals surface area contributed by atoms with Gasteiger partial charge in [-0.05, 0) is 36.4 Å². The topological polar surface area (TPSA) is 106 Å². The molecule has 0 aliphatic rings. The molecule has 29 heavy (non-hydrogen) atoms. The van der Waals surface area contributed by atoms with Crippen LogP contribution in [0.15, 0.2) is 59.1 Å². The number of aromatic amines is 1. The molecule has 0 aliphatic carbocycles. The van der Waals surface area contributed by atoms with Crippen LogP contribution in [-0.4, -0.2) is 33.4 Å². The van der Waals surface area contributed by atoms with E-state index in [1.165, 1.54) is 0 Å². The second kappa shape index (κ2) is 8.15. The lowest BCUT2D eigenvalue weighted by molar-refractivity contribution is 0.0941. The maximum absolute atomic E-state index is 12.3. The number of benzene rings is 2. The molecule has 0 spiro atoms. The van der Waals surface area contributed by atoms with Crippen LogP contribution < -0.4 is 10.1 Å². The van der Waals surface area contributed by atoms with E-state index in [9.17, 15) is 4.79 Å². The van der Waals surface area contributed by atoms with Crippen molar-refractivity contribution in [2.75, 3.05) is 7.11 Å². The average molecular weight is 410 g/mol. The first-order valence-electron chi connectivity index (χ1n) is 8.69. The maximum Gasteiger partial charge on any atom is 0.273 e. The lowest BCUT2D eigenvalue weighted by Gasteiger charge is -2.00. The molecule has 0 bridgehead atoms. The van der Waals surface area contributed by atoms with Crippen LogP contribution in [0.3, 0.4) is 0 Å². The van der Waals surface area contributed by atoms with Crippen LogP contribution >= 0.6 is 11.6 Å². The minimum Gasteiger partial charge on any atom is -0.497 e. The second-order valence-corrected chi connectivity index (χ2v) is 6.54. The van der Waals surface area contributed by atoms with E-state index in [0.29, 0.717) is 22.4 Å². The van der Waals surface area contributed by atoms with Crippen molar-refractivity contribution in [1.82, 2.24) is 25.7 Å². The summed E-state index contributed by atoms with van der Waals surface area (Å²) in [6.07, 6.45) is 0. The smallest absolute Gasteiger partial charge is 0.273 e. The molecular weight excluding hydrogens is 394 g/mol. The second-order valence-electron chi connectivity index (χ2n) is 6.10. The summed E-state index contributed by atoms with van der Waals surface area (Å²) in [5, 5.41) is 14.1. The summed E-state index contributed by atoms with van der Waals surface area (Å²) in [7, 11) is 1.61. The van der Waals surface area contributed by atoms with Crippen molar-refractivity contribution in [2.24, 2.45) is 0 Å². The monoisotopic (exact) mass is 409 g/mol. The van der Waals surface area contributed by atoms with Gasteiger partial charge in [-0.2, -0.15) is 5.10 Å². The molecule has 1 amide bonds. The number of amides is 1. The van der Waals surface area contributed by atoms with Crippen molar-refractivity contribution in [3.05, 3.63) is 71.1 Å². The predicted molar refractivity (Wildman–Crippen MR) is 106 cm³/mol. The Kier molecular flexibility index (Phi) is 5.26. The van der Waals surface area contributed by atoms with Crippen LogP contribution in [0.4, 0.5) is 0 Å². The summed E-state index contributed by atoms with van der Waals surface area (Å²) >= 11 is 5.98. The minimum absolute atomic E-state index is 0.162. The van der Waals surface area contributed by atoms with Crippen LogP contribution in [0, 0.1) is 0 Å². The van der Waals surface area contributed by atoms with E-state index in [0.717, 1.165) is 16.9 Å². The molecule has 4 rings (SSSR count). The van der Waals surface area contributed by atoms with Crippen molar-refractivity contribution in [3.8, 4) is 28.5 Å². The molecule has 8 nitrogen and oxygen atoms in total. The number of nitrogens with one attached hydrogen (secondary N) is 2. The molecule has 0 fully saturated rings. The third-order valence-electron chi connectivity index (χ3n) is 4.15. The van der Waals surface area contributed by atoms with E-state index in [1.54, 1.807) is 31.4 Å². The first-order chi connectivity index (χ1) is 14.1. The van der Waals surface area contributed by atoms with Gasteiger partial charge in [-0.3, -0.25) is 9.89 Å². The van der Waals surface area contributed by atoms with Gasteiger partial charge in [0.25, 0.3) is 5.91 Å². The molecule has 0 radical (unpaired) electrons. The van der Waals surface area contributed by atoms with E-state index in [1.807, 2.05) is 30.3 Å². The zero-order chi connectivity index (χ0) is 20.2. The molecule has 2 aromatic heterocycles.